The van der Waals surface area contributed by atoms with Crippen molar-refractivity contribution in [2.45, 2.75) is 20.4 Å². The van der Waals surface area contributed by atoms with Crippen LogP contribution in [0, 0.1) is 13.8 Å². The molecule has 5 heteroatoms. The zero-order chi connectivity index (χ0) is 18.5. The van der Waals surface area contributed by atoms with E-state index in [0.29, 0.717) is 22.8 Å². The van der Waals surface area contributed by atoms with Crippen LogP contribution >= 0.6 is 11.6 Å². The number of pyridine rings is 1. The van der Waals surface area contributed by atoms with Crippen LogP contribution in [0.25, 0.3) is 0 Å². The summed E-state index contributed by atoms with van der Waals surface area (Å²) in [5, 5.41) is 6.81. The molecule has 1 heterocycles. The number of carbonyl (C=O) groups is 1. The summed E-state index contributed by atoms with van der Waals surface area (Å²) in [6.07, 6.45) is 3.22. The molecule has 0 aliphatic heterocycles. The number of nitrogens with zero attached hydrogens (tertiary/aromatic N) is 1. The zero-order valence-corrected chi connectivity index (χ0v) is 15.5. The monoisotopic (exact) mass is 365 g/mol. The molecule has 1 aromatic heterocycles. The second-order valence-electron chi connectivity index (χ2n) is 6.19. The molecule has 3 aromatic rings. The van der Waals surface area contributed by atoms with Crippen molar-refractivity contribution in [1.82, 2.24) is 10.3 Å². The van der Waals surface area contributed by atoms with Gasteiger partial charge < -0.3 is 10.6 Å². The molecule has 0 saturated carbocycles. The summed E-state index contributed by atoms with van der Waals surface area (Å²) in [5.74, 6) is -0.170. The zero-order valence-electron chi connectivity index (χ0n) is 14.7. The highest BCUT2D eigenvalue weighted by molar-refractivity contribution is 6.33. The molecule has 0 spiro atoms. The molecular formula is C21H20ClN3O. The van der Waals surface area contributed by atoms with E-state index in [4.69, 9.17) is 11.6 Å². The fourth-order valence-electron chi connectivity index (χ4n) is 2.73. The summed E-state index contributed by atoms with van der Waals surface area (Å²) >= 11 is 6.34. The Kier molecular flexibility index (Phi) is 5.54. The second kappa shape index (κ2) is 8.02. The number of anilines is 2. The van der Waals surface area contributed by atoms with E-state index in [0.717, 1.165) is 22.4 Å². The van der Waals surface area contributed by atoms with Gasteiger partial charge in [0.1, 0.15) is 0 Å². The summed E-state index contributed by atoms with van der Waals surface area (Å²) in [4.78, 5) is 16.6. The van der Waals surface area contributed by atoms with E-state index >= 15 is 0 Å². The average Bonchev–Trinajstić information content (AvgIpc) is 2.64. The van der Waals surface area contributed by atoms with Crippen LogP contribution in [-0.2, 0) is 6.54 Å². The number of rotatable bonds is 5. The van der Waals surface area contributed by atoms with Crippen molar-refractivity contribution in [3.8, 4) is 0 Å². The summed E-state index contributed by atoms with van der Waals surface area (Å²) < 4.78 is 0. The molecule has 4 nitrogen and oxygen atoms in total. The quantitative estimate of drug-likeness (QED) is 0.667. The van der Waals surface area contributed by atoms with Crippen LogP contribution in [0.2, 0.25) is 5.02 Å². The van der Waals surface area contributed by atoms with Crippen molar-refractivity contribution < 1.29 is 4.79 Å². The average molecular weight is 366 g/mol. The largest absolute Gasteiger partial charge is 0.353 e. The fourth-order valence-corrected chi connectivity index (χ4v) is 3.10. The van der Waals surface area contributed by atoms with Gasteiger partial charge in [0.15, 0.2) is 0 Å². The van der Waals surface area contributed by atoms with E-state index < -0.39 is 0 Å². The molecule has 0 radical (unpaired) electrons. The molecule has 26 heavy (non-hydrogen) atoms. The second-order valence-corrected chi connectivity index (χ2v) is 6.60. The number of benzene rings is 2. The molecule has 0 fully saturated rings. The topological polar surface area (TPSA) is 54.0 Å². The van der Waals surface area contributed by atoms with E-state index in [9.17, 15) is 4.79 Å². The van der Waals surface area contributed by atoms with Gasteiger partial charge in [-0.05, 0) is 42.7 Å². The Morgan fingerprint density at radius 3 is 2.58 bits per heavy atom. The third-order valence-electron chi connectivity index (χ3n) is 4.00. The lowest BCUT2D eigenvalue weighted by Gasteiger charge is -2.13. The van der Waals surface area contributed by atoms with Crippen molar-refractivity contribution in [2.75, 3.05) is 5.32 Å². The number of aromatic nitrogens is 1. The highest BCUT2D eigenvalue weighted by Crippen LogP contribution is 2.30. The van der Waals surface area contributed by atoms with Crippen LogP contribution < -0.4 is 10.6 Å². The summed E-state index contributed by atoms with van der Waals surface area (Å²) in [5.41, 5.74) is 5.21. The minimum Gasteiger partial charge on any atom is -0.353 e. The highest BCUT2D eigenvalue weighted by atomic mass is 35.5. The third kappa shape index (κ3) is 4.41. The standard InChI is InChI=1S/C21H20ClN3O/c1-14-8-15(2)20(19(22)9-14)25-18-10-17(12-23-13-18)21(26)24-11-16-6-4-3-5-7-16/h3-10,12-13,25H,11H2,1-2H3,(H,24,26). The Morgan fingerprint density at radius 1 is 1.08 bits per heavy atom. The van der Waals surface area contributed by atoms with E-state index in [1.165, 1.54) is 0 Å². The molecule has 0 aliphatic rings. The molecule has 0 aliphatic carbocycles. The van der Waals surface area contributed by atoms with Crippen LogP contribution in [0.5, 0.6) is 0 Å². The number of hydrogen-bond donors (Lipinski definition) is 2. The lowest BCUT2D eigenvalue weighted by Crippen LogP contribution is -2.23. The molecule has 0 unspecified atom stereocenters. The van der Waals surface area contributed by atoms with Crippen LogP contribution in [0.4, 0.5) is 11.4 Å². The Balaban J connectivity index is 1.73. The summed E-state index contributed by atoms with van der Waals surface area (Å²) in [6, 6.07) is 15.5. The fraction of sp³-hybridized carbons (Fsp3) is 0.143. The Labute approximate surface area is 158 Å². The molecule has 0 bridgehead atoms. The van der Waals surface area contributed by atoms with Gasteiger partial charge in [-0.3, -0.25) is 9.78 Å². The minimum atomic E-state index is -0.170. The van der Waals surface area contributed by atoms with E-state index in [1.807, 2.05) is 50.2 Å². The number of carbonyl (C=O) groups excluding carboxylic acids is 1. The van der Waals surface area contributed by atoms with Crippen molar-refractivity contribution in [3.63, 3.8) is 0 Å². The van der Waals surface area contributed by atoms with Gasteiger partial charge in [0.2, 0.25) is 0 Å². The van der Waals surface area contributed by atoms with Crippen molar-refractivity contribution in [1.29, 1.82) is 0 Å². The van der Waals surface area contributed by atoms with Crippen molar-refractivity contribution in [3.05, 3.63) is 88.2 Å². The molecule has 132 valence electrons. The van der Waals surface area contributed by atoms with Gasteiger partial charge in [-0.2, -0.15) is 0 Å². The van der Waals surface area contributed by atoms with Crippen LogP contribution in [0.15, 0.2) is 60.9 Å². The van der Waals surface area contributed by atoms with Crippen LogP contribution in [0.3, 0.4) is 0 Å². The van der Waals surface area contributed by atoms with E-state index in [-0.39, 0.29) is 5.91 Å². The lowest BCUT2D eigenvalue weighted by molar-refractivity contribution is 0.0950. The molecule has 0 atom stereocenters. The number of nitrogens with one attached hydrogen (secondary N) is 2. The Morgan fingerprint density at radius 2 is 1.85 bits per heavy atom. The van der Waals surface area contributed by atoms with Crippen molar-refractivity contribution in [2.24, 2.45) is 0 Å². The van der Waals surface area contributed by atoms with Gasteiger partial charge in [-0.15, -0.1) is 0 Å². The van der Waals surface area contributed by atoms with Gasteiger partial charge in [0.05, 0.1) is 28.2 Å². The molecular weight excluding hydrogens is 346 g/mol. The molecule has 2 N–H and O–H groups in total. The van der Waals surface area contributed by atoms with Crippen molar-refractivity contribution >= 4 is 28.9 Å². The minimum absolute atomic E-state index is 0.170. The van der Waals surface area contributed by atoms with Gasteiger partial charge in [0, 0.05) is 12.7 Å². The maximum atomic E-state index is 12.4. The Hall–Kier alpha value is -2.85. The first kappa shape index (κ1) is 18.0. The number of aryl methyl sites for hydroxylation is 2. The van der Waals surface area contributed by atoms with Gasteiger partial charge in [-0.25, -0.2) is 0 Å². The van der Waals surface area contributed by atoms with Gasteiger partial charge in [-0.1, -0.05) is 48.0 Å². The maximum Gasteiger partial charge on any atom is 0.253 e. The van der Waals surface area contributed by atoms with Gasteiger partial charge >= 0.3 is 0 Å². The lowest BCUT2D eigenvalue weighted by atomic mass is 10.1. The maximum absolute atomic E-state index is 12.4. The summed E-state index contributed by atoms with van der Waals surface area (Å²) in [7, 11) is 0. The highest BCUT2D eigenvalue weighted by Gasteiger charge is 2.10. The predicted molar refractivity (Wildman–Crippen MR) is 106 cm³/mol. The summed E-state index contributed by atoms with van der Waals surface area (Å²) in [6.45, 7) is 4.47. The molecule has 3 rings (SSSR count). The first-order valence-corrected chi connectivity index (χ1v) is 8.71. The first-order valence-electron chi connectivity index (χ1n) is 8.34. The normalized spacial score (nSPS) is 10.4. The number of amides is 1. The van der Waals surface area contributed by atoms with Gasteiger partial charge in [0.25, 0.3) is 5.91 Å². The Bertz CT molecular complexity index is 903. The first-order chi connectivity index (χ1) is 12.5. The smallest absolute Gasteiger partial charge is 0.253 e. The van der Waals surface area contributed by atoms with Crippen LogP contribution in [0.1, 0.15) is 27.0 Å². The van der Waals surface area contributed by atoms with E-state index in [1.54, 1.807) is 18.5 Å². The van der Waals surface area contributed by atoms with E-state index in [2.05, 4.69) is 21.7 Å². The SMILES string of the molecule is Cc1cc(C)c(Nc2cncc(C(=O)NCc3ccccc3)c2)c(Cl)c1. The molecule has 1 amide bonds. The molecule has 0 saturated heterocycles. The number of hydrogen-bond acceptors (Lipinski definition) is 3. The van der Waals surface area contributed by atoms with Crippen LogP contribution in [-0.4, -0.2) is 10.9 Å². The predicted octanol–water partition coefficient (Wildman–Crippen LogP) is 5.03. The molecule has 2 aromatic carbocycles. The third-order valence-corrected chi connectivity index (χ3v) is 4.30. The number of halogens is 1.